The molecule has 4 heterocycles. The van der Waals surface area contributed by atoms with Gasteiger partial charge in [0.1, 0.15) is 28.2 Å². The summed E-state index contributed by atoms with van der Waals surface area (Å²) in [5.41, 5.74) is 3.77. The second-order valence-corrected chi connectivity index (χ2v) is 16.8. The summed E-state index contributed by atoms with van der Waals surface area (Å²) in [4.78, 5) is 12.4. The van der Waals surface area contributed by atoms with E-state index in [0.29, 0.717) is 40.5 Å². The molecule has 0 spiro atoms. The quantitative estimate of drug-likeness (QED) is 0.209. The van der Waals surface area contributed by atoms with E-state index in [2.05, 4.69) is 54.6 Å². The van der Waals surface area contributed by atoms with E-state index in [1.54, 1.807) is 6.07 Å². The lowest BCUT2D eigenvalue weighted by Crippen LogP contribution is -2.75. The first-order chi connectivity index (χ1) is 22.2. The summed E-state index contributed by atoms with van der Waals surface area (Å²) in [6.07, 6.45) is 0.721. The van der Waals surface area contributed by atoms with Crippen molar-refractivity contribution in [1.29, 1.82) is 5.26 Å². The molecule has 4 aliphatic rings. The number of aryl methyl sites for hydroxylation is 2. The summed E-state index contributed by atoms with van der Waals surface area (Å²) >= 11 is 1.09. The molecule has 0 unspecified atom stereocenters. The topological polar surface area (TPSA) is 116 Å². The molecule has 3 aliphatic carbocycles. The number of thiophene rings is 1. The Balaban J connectivity index is 1.01. The fourth-order valence-corrected chi connectivity index (χ4v) is 10.3. The number of hydrogen-bond acceptors (Lipinski definition) is 8. The van der Waals surface area contributed by atoms with Crippen molar-refractivity contribution in [3.05, 3.63) is 51.8 Å². The predicted molar refractivity (Wildman–Crippen MR) is 177 cm³/mol. The van der Waals surface area contributed by atoms with E-state index in [0.717, 1.165) is 79.5 Å². The minimum atomic E-state index is -4.27. The van der Waals surface area contributed by atoms with Crippen molar-refractivity contribution in [1.82, 2.24) is 24.2 Å². The molecule has 0 radical (unpaired) electrons. The number of halogens is 3. The van der Waals surface area contributed by atoms with Crippen LogP contribution in [0.1, 0.15) is 66.6 Å². The SMILES string of the molecule is CCc1nc(NC2CCN(Cc3ccc4c(cc(C#N)n4CC45CC(NS(C)(=O)=O)(C4)C5)c3C)CC2)c2cc(CC(F)(F)F)sc2n1. The van der Waals surface area contributed by atoms with E-state index < -0.39 is 22.6 Å². The molecule has 2 N–H and O–H groups in total. The predicted octanol–water partition coefficient (Wildman–Crippen LogP) is 6.04. The van der Waals surface area contributed by atoms with E-state index in [1.165, 1.54) is 11.8 Å². The average Bonchev–Trinajstić information content (AvgIpc) is 3.52. The third kappa shape index (κ3) is 6.35. The number of piperidine rings is 1. The van der Waals surface area contributed by atoms with Crippen molar-refractivity contribution in [2.24, 2.45) is 5.41 Å². The zero-order valence-corrected chi connectivity index (χ0v) is 28.3. The van der Waals surface area contributed by atoms with Gasteiger partial charge in [-0.2, -0.15) is 18.4 Å². The summed E-state index contributed by atoms with van der Waals surface area (Å²) in [6, 6.07) is 10.4. The van der Waals surface area contributed by atoms with Gasteiger partial charge in [-0.25, -0.2) is 23.1 Å². The molecule has 0 atom stereocenters. The average molecular weight is 686 g/mol. The molecular formula is C33H38F3N7O2S2. The number of likely N-dealkylation sites (tertiary alicyclic amines) is 1. The van der Waals surface area contributed by atoms with Crippen LogP contribution in [0.4, 0.5) is 19.0 Å². The Morgan fingerprint density at radius 3 is 2.49 bits per heavy atom. The lowest BCUT2D eigenvalue weighted by molar-refractivity contribution is -0.151. The Hall–Kier alpha value is -3.25. The van der Waals surface area contributed by atoms with Gasteiger partial charge in [0.25, 0.3) is 0 Å². The number of aromatic nitrogens is 3. The Kier molecular flexibility index (Phi) is 7.85. The Bertz CT molecular complexity index is 2000. The van der Waals surface area contributed by atoms with Gasteiger partial charge < -0.3 is 9.88 Å². The van der Waals surface area contributed by atoms with Gasteiger partial charge in [0.05, 0.1) is 18.1 Å². The molecular weight excluding hydrogens is 648 g/mol. The maximum absolute atomic E-state index is 13.1. The number of fused-ring (bicyclic) bond motifs is 2. The van der Waals surface area contributed by atoms with Crippen LogP contribution in [0.5, 0.6) is 0 Å². The number of nitrogens with one attached hydrogen (secondary N) is 2. The molecule has 4 aromatic rings. The van der Waals surface area contributed by atoms with Crippen molar-refractivity contribution in [3.63, 3.8) is 0 Å². The zero-order chi connectivity index (χ0) is 33.4. The summed E-state index contributed by atoms with van der Waals surface area (Å²) in [5, 5.41) is 15.2. The smallest absolute Gasteiger partial charge is 0.367 e. The lowest BCUT2D eigenvalue weighted by atomic mass is 9.40. The molecule has 9 nitrogen and oxygen atoms in total. The van der Waals surface area contributed by atoms with Crippen LogP contribution in [0.25, 0.3) is 21.1 Å². The Morgan fingerprint density at radius 1 is 1.13 bits per heavy atom. The molecule has 1 aromatic carbocycles. The number of alkyl halides is 3. The van der Waals surface area contributed by atoms with Crippen LogP contribution < -0.4 is 10.0 Å². The fraction of sp³-hybridized carbons (Fsp3) is 0.545. The number of hydrogen-bond donors (Lipinski definition) is 2. The van der Waals surface area contributed by atoms with Crippen molar-refractivity contribution >= 4 is 48.3 Å². The summed E-state index contributed by atoms with van der Waals surface area (Å²) in [7, 11) is -3.25. The van der Waals surface area contributed by atoms with Crippen LogP contribution in [0.15, 0.2) is 24.3 Å². The summed E-state index contributed by atoms with van der Waals surface area (Å²) in [5.74, 6) is 1.24. The van der Waals surface area contributed by atoms with Gasteiger partial charge in [0.15, 0.2) is 0 Å². The van der Waals surface area contributed by atoms with E-state index in [1.807, 2.05) is 13.0 Å². The lowest BCUT2D eigenvalue weighted by Gasteiger charge is -2.70. The molecule has 8 rings (SSSR count). The minimum absolute atomic E-state index is 0.0324. The van der Waals surface area contributed by atoms with Gasteiger partial charge in [-0.05, 0) is 73.8 Å². The van der Waals surface area contributed by atoms with Crippen molar-refractivity contribution in [3.8, 4) is 6.07 Å². The molecule has 4 fully saturated rings. The van der Waals surface area contributed by atoms with E-state index in [4.69, 9.17) is 0 Å². The highest BCUT2D eigenvalue weighted by Crippen LogP contribution is 2.68. The maximum atomic E-state index is 13.1. The van der Waals surface area contributed by atoms with Crippen LogP contribution in [0.2, 0.25) is 0 Å². The van der Waals surface area contributed by atoms with Crippen molar-refractivity contribution in [2.75, 3.05) is 24.7 Å². The van der Waals surface area contributed by atoms with Gasteiger partial charge in [0, 0.05) is 60.0 Å². The standard InChI is InChI=1S/C33H38F3N7O2S2/c1-4-28-39-29(26-12-24(13-33(34,35)36)46-30(26)40-28)38-22-7-9-42(10-8-22)15-21-5-6-27-25(20(21)2)11-23(14-37)43(27)19-31-16-32(17-31,18-31)41-47(3,44)45/h5-6,11-12,22,41H,4,7-10,13,15-19H2,1-3H3,(H,38,39,40). The van der Waals surface area contributed by atoms with Crippen molar-refractivity contribution < 1.29 is 21.6 Å². The van der Waals surface area contributed by atoms with Gasteiger partial charge in [0.2, 0.25) is 10.0 Å². The minimum Gasteiger partial charge on any atom is -0.367 e. The third-order valence-corrected chi connectivity index (χ3v) is 12.0. The highest BCUT2D eigenvalue weighted by atomic mass is 32.2. The highest BCUT2D eigenvalue weighted by Gasteiger charge is 2.68. The second-order valence-electron chi connectivity index (χ2n) is 14.0. The Labute approximate surface area is 276 Å². The van der Waals surface area contributed by atoms with Gasteiger partial charge in [-0.1, -0.05) is 13.0 Å². The Morgan fingerprint density at radius 2 is 1.85 bits per heavy atom. The van der Waals surface area contributed by atoms with E-state index >= 15 is 0 Å². The molecule has 47 heavy (non-hydrogen) atoms. The molecule has 1 saturated heterocycles. The largest absolute Gasteiger partial charge is 0.393 e. The second kappa shape index (κ2) is 11.4. The molecule has 1 aliphatic heterocycles. The van der Waals surface area contributed by atoms with Crippen LogP contribution in [0.3, 0.4) is 0 Å². The molecule has 3 saturated carbocycles. The van der Waals surface area contributed by atoms with Gasteiger partial charge in [-0.3, -0.25) is 4.90 Å². The normalized spacial score (nSPS) is 23.5. The summed E-state index contributed by atoms with van der Waals surface area (Å²) in [6.45, 7) is 7.28. The van der Waals surface area contributed by atoms with E-state index in [9.17, 15) is 26.9 Å². The monoisotopic (exact) mass is 685 g/mol. The number of nitrogens with zero attached hydrogens (tertiary/aromatic N) is 5. The first-order valence-corrected chi connectivity index (χ1v) is 18.7. The summed E-state index contributed by atoms with van der Waals surface area (Å²) < 4.78 is 67.6. The number of nitriles is 1. The van der Waals surface area contributed by atoms with Gasteiger partial charge in [-0.15, -0.1) is 11.3 Å². The van der Waals surface area contributed by atoms with Gasteiger partial charge >= 0.3 is 6.18 Å². The fourth-order valence-electron chi connectivity index (χ4n) is 8.20. The first kappa shape index (κ1) is 32.3. The molecule has 2 bridgehead atoms. The van der Waals surface area contributed by atoms with Crippen LogP contribution in [0, 0.1) is 23.7 Å². The number of rotatable bonds is 10. The van der Waals surface area contributed by atoms with Crippen molar-refractivity contribution in [2.45, 2.75) is 89.6 Å². The number of benzene rings is 1. The number of sulfonamides is 1. The highest BCUT2D eigenvalue weighted by molar-refractivity contribution is 7.88. The third-order valence-electron chi connectivity index (χ3n) is 10.1. The first-order valence-electron chi connectivity index (χ1n) is 16.0. The van der Waals surface area contributed by atoms with Crippen LogP contribution >= 0.6 is 11.3 Å². The molecule has 0 amide bonds. The van der Waals surface area contributed by atoms with Crippen LogP contribution in [-0.2, 0) is 36.0 Å². The molecule has 250 valence electrons. The molecule has 14 heteroatoms. The molecule has 3 aromatic heterocycles. The maximum Gasteiger partial charge on any atom is 0.393 e. The number of anilines is 1. The van der Waals surface area contributed by atoms with E-state index in [-0.39, 0.29) is 21.9 Å². The zero-order valence-electron chi connectivity index (χ0n) is 26.7. The van der Waals surface area contributed by atoms with Crippen LogP contribution in [-0.4, -0.2) is 65.0 Å².